The first-order valence-corrected chi connectivity index (χ1v) is 6.75. The van der Waals surface area contributed by atoms with Gasteiger partial charge in [-0.15, -0.1) is 0 Å². The number of ether oxygens (including phenoxy) is 1. The fourth-order valence-corrected chi connectivity index (χ4v) is 2.48. The number of fused-ring (bicyclic) bond motifs is 1. The number of imidazole rings is 1. The third-order valence-electron chi connectivity index (χ3n) is 3.60. The zero-order chi connectivity index (χ0) is 14.8. The zero-order valence-corrected chi connectivity index (χ0v) is 12.0. The Morgan fingerprint density at radius 2 is 2.14 bits per heavy atom. The highest BCUT2D eigenvalue weighted by molar-refractivity contribution is 5.98. The molecular formula is C17H16N2O2. The molecule has 0 bridgehead atoms. The number of benzene rings is 2. The molecule has 0 aliphatic heterocycles. The van der Waals surface area contributed by atoms with E-state index in [0.29, 0.717) is 12.2 Å². The van der Waals surface area contributed by atoms with E-state index in [1.54, 1.807) is 24.1 Å². The highest BCUT2D eigenvalue weighted by Crippen LogP contribution is 2.25. The molecule has 0 saturated heterocycles. The molecule has 4 nitrogen and oxygen atoms in total. The summed E-state index contributed by atoms with van der Waals surface area (Å²) in [6.45, 7) is 0. The van der Waals surface area contributed by atoms with Gasteiger partial charge in [-0.3, -0.25) is 4.79 Å². The van der Waals surface area contributed by atoms with E-state index in [-0.39, 0.29) is 5.78 Å². The summed E-state index contributed by atoms with van der Waals surface area (Å²) in [5.41, 5.74) is 0.986. The van der Waals surface area contributed by atoms with Crippen LogP contribution in [0.25, 0.3) is 10.8 Å². The maximum absolute atomic E-state index is 12.4. The second-order valence-corrected chi connectivity index (χ2v) is 4.97. The molecule has 4 heteroatoms. The number of Topliss-reactive ketones (excluding diaryl/α,β-unsaturated/α-hetero) is 1. The van der Waals surface area contributed by atoms with Crippen molar-refractivity contribution in [3.8, 4) is 5.75 Å². The van der Waals surface area contributed by atoms with Gasteiger partial charge in [-0.1, -0.05) is 24.3 Å². The lowest BCUT2D eigenvalue weighted by Gasteiger charge is -2.08. The molecular weight excluding hydrogens is 264 g/mol. The number of rotatable bonds is 4. The Balaban J connectivity index is 2.00. The van der Waals surface area contributed by atoms with Crippen molar-refractivity contribution in [1.82, 2.24) is 9.55 Å². The number of aryl methyl sites for hydroxylation is 1. The van der Waals surface area contributed by atoms with Gasteiger partial charge in [0, 0.05) is 25.9 Å². The van der Waals surface area contributed by atoms with Crippen molar-refractivity contribution < 1.29 is 9.53 Å². The van der Waals surface area contributed by atoms with Crippen molar-refractivity contribution in [2.24, 2.45) is 7.05 Å². The van der Waals surface area contributed by atoms with Gasteiger partial charge >= 0.3 is 0 Å². The van der Waals surface area contributed by atoms with Crippen LogP contribution >= 0.6 is 0 Å². The normalized spacial score (nSPS) is 10.8. The molecule has 2 aromatic carbocycles. The van der Waals surface area contributed by atoms with Crippen molar-refractivity contribution >= 4 is 16.6 Å². The molecule has 0 fully saturated rings. The first-order valence-electron chi connectivity index (χ1n) is 6.75. The lowest BCUT2D eigenvalue weighted by molar-refractivity contribution is 0.0980. The zero-order valence-electron chi connectivity index (χ0n) is 12.0. The molecule has 3 rings (SSSR count). The molecule has 3 aromatic rings. The van der Waals surface area contributed by atoms with Gasteiger partial charge in [0.15, 0.2) is 5.82 Å². The molecule has 21 heavy (non-hydrogen) atoms. The van der Waals surface area contributed by atoms with Gasteiger partial charge in [0.1, 0.15) is 5.75 Å². The first kappa shape index (κ1) is 13.4. The summed E-state index contributed by atoms with van der Waals surface area (Å²) in [4.78, 5) is 16.5. The molecule has 0 radical (unpaired) electrons. The Kier molecular flexibility index (Phi) is 3.44. The topological polar surface area (TPSA) is 44.1 Å². The van der Waals surface area contributed by atoms with E-state index in [1.165, 1.54) is 0 Å². The molecule has 1 aromatic heterocycles. The minimum atomic E-state index is 0.0119. The molecule has 0 amide bonds. The minimum Gasteiger partial charge on any atom is -0.497 e. The Labute approximate surface area is 123 Å². The van der Waals surface area contributed by atoms with Crippen molar-refractivity contribution in [3.63, 3.8) is 0 Å². The summed E-state index contributed by atoms with van der Waals surface area (Å²) in [6.07, 6.45) is 3.74. The molecule has 0 saturated carbocycles. The number of carbonyl (C=O) groups excluding carboxylic acids is 1. The third-order valence-corrected chi connectivity index (χ3v) is 3.60. The molecule has 0 N–H and O–H groups in total. The predicted molar refractivity (Wildman–Crippen MR) is 81.7 cm³/mol. The van der Waals surface area contributed by atoms with Crippen LogP contribution in [0.15, 0.2) is 48.8 Å². The van der Waals surface area contributed by atoms with E-state index in [0.717, 1.165) is 22.1 Å². The number of aromatic nitrogens is 2. The highest BCUT2D eigenvalue weighted by Gasteiger charge is 2.13. The van der Waals surface area contributed by atoms with Gasteiger partial charge in [0.2, 0.25) is 5.78 Å². The summed E-state index contributed by atoms with van der Waals surface area (Å²) < 4.78 is 7.02. The van der Waals surface area contributed by atoms with Gasteiger partial charge in [0.05, 0.1) is 7.11 Å². The van der Waals surface area contributed by atoms with Gasteiger partial charge in [-0.2, -0.15) is 0 Å². The maximum Gasteiger partial charge on any atom is 0.202 e. The van der Waals surface area contributed by atoms with E-state index >= 15 is 0 Å². The fourth-order valence-electron chi connectivity index (χ4n) is 2.48. The van der Waals surface area contributed by atoms with Crippen molar-refractivity contribution in [2.75, 3.05) is 7.11 Å². The Bertz CT molecular complexity index is 805. The fraction of sp³-hybridized carbons (Fsp3) is 0.176. The average molecular weight is 280 g/mol. The van der Waals surface area contributed by atoms with Crippen LogP contribution in [0.1, 0.15) is 16.2 Å². The second-order valence-electron chi connectivity index (χ2n) is 4.97. The third kappa shape index (κ3) is 2.52. The van der Waals surface area contributed by atoms with Crippen molar-refractivity contribution in [3.05, 3.63) is 60.2 Å². The number of hydrogen-bond donors (Lipinski definition) is 0. The van der Waals surface area contributed by atoms with Gasteiger partial charge in [-0.25, -0.2) is 4.98 Å². The predicted octanol–water partition coefficient (Wildman–Crippen LogP) is 3.01. The average Bonchev–Trinajstić information content (AvgIpc) is 2.93. The largest absolute Gasteiger partial charge is 0.497 e. The van der Waals surface area contributed by atoms with Gasteiger partial charge < -0.3 is 9.30 Å². The first-order chi connectivity index (χ1) is 10.2. The molecule has 0 unspecified atom stereocenters. The van der Waals surface area contributed by atoms with Gasteiger partial charge in [0.25, 0.3) is 0 Å². The van der Waals surface area contributed by atoms with Crippen LogP contribution in [0.3, 0.4) is 0 Å². The van der Waals surface area contributed by atoms with E-state index < -0.39 is 0 Å². The Morgan fingerprint density at radius 1 is 1.29 bits per heavy atom. The summed E-state index contributed by atoms with van der Waals surface area (Å²) in [7, 11) is 3.47. The van der Waals surface area contributed by atoms with E-state index in [9.17, 15) is 4.79 Å². The SMILES string of the molecule is COc1ccc2cccc(CC(=O)c3nccn3C)c2c1. The van der Waals surface area contributed by atoms with Gasteiger partial charge in [-0.05, 0) is 28.5 Å². The van der Waals surface area contributed by atoms with Crippen LogP contribution in [0.5, 0.6) is 5.75 Å². The van der Waals surface area contributed by atoms with E-state index in [2.05, 4.69) is 4.98 Å². The summed E-state index contributed by atoms with van der Waals surface area (Å²) in [5, 5.41) is 2.14. The number of nitrogens with zero attached hydrogens (tertiary/aromatic N) is 2. The number of hydrogen-bond acceptors (Lipinski definition) is 3. The standard InChI is InChI=1S/C17H16N2O2/c1-19-9-8-18-17(19)16(20)10-13-5-3-4-12-6-7-14(21-2)11-15(12)13/h3-9,11H,10H2,1-2H3. The molecule has 106 valence electrons. The van der Waals surface area contributed by atoms with Crippen LogP contribution < -0.4 is 4.74 Å². The summed E-state index contributed by atoms with van der Waals surface area (Å²) in [5.74, 6) is 1.28. The van der Waals surface area contributed by atoms with Crippen LogP contribution in [-0.4, -0.2) is 22.4 Å². The Morgan fingerprint density at radius 3 is 2.86 bits per heavy atom. The van der Waals surface area contributed by atoms with E-state index in [4.69, 9.17) is 4.74 Å². The number of methoxy groups -OCH3 is 1. The van der Waals surface area contributed by atoms with E-state index in [1.807, 2.05) is 43.4 Å². The molecule has 0 aliphatic carbocycles. The number of carbonyl (C=O) groups is 1. The van der Waals surface area contributed by atoms with Crippen LogP contribution in [0, 0.1) is 0 Å². The Hall–Kier alpha value is -2.62. The lowest BCUT2D eigenvalue weighted by Crippen LogP contribution is -2.10. The highest BCUT2D eigenvalue weighted by atomic mass is 16.5. The summed E-state index contributed by atoms with van der Waals surface area (Å²) >= 11 is 0. The van der Waals surface area contributed by atoms with Crippen molar-refractivity contribution in [2.45, 2.75) is 6.42 Å². The van der Waals surface area contributed by atoms with Crippen LogP contribution in [-0.2, 0) is 13.5 Å². The molecule has 0 aliphatic rings. The molecule has 0 atom stereocenters. The number of ketones is 1. The second kappa shape index (κ2) is 5.40. The lowest BCUT2D eigenvalue weighted by atomic mass is 10.00. The maximum atomic E-state index is 12.4. The molecule has 1 heterocycles. The van der Waals surface area contributed by atoms with Crippen LogP contribution in [0.4, 0.5) is 0 Å². The quantitative estimate of drug-likeness (QED) is 0.690. The van der Waals surface area contributed by atoms with Crippen LogP contribution in [0.2, 0.25) is 0 Å². The monoisotopic (exact) mass is 280 g/mol. The smallest absolute Gasteiger partial charge is 0.202 e. The summed E-state index contributed by atoms with van der Waals surface area (Å²) in [6, 6.07) is 11.9. The van der Waals surface area contributed by atoms with Crippen molar-refractivity contribution in [1.29, 1.82) is 0 Å². The molecule has 0 spiro atoms. The minimum absolute atomic E-state index is 0.0119.